The van der Waals surface area contributed by atoms with Crippen LogP contribution in [0.1, 0.15) is 7.43 Å². The molecule has 1 heterocycles. The quantitative estimate of drug-likeness (QED) is 0.312. The fourth-order valence-electron chi connectivity index (χ4n) is 0.486. The van der Waals surface area contributed by atoms with Gasteiger partial charge in [0.25, 0.3) is 8.05 Å². The molecular weight excluding hydrogens is 131 g/mol. The highest BCUT2D eigenvalue weighted by Gasteiger charge is 2.21. The molecule has 3 nitrogen and oxygen atoms in total. The summed E-state index contributed by atoms with van der Waals surface area (Å²) >= 11 is 0. The van der Waals surface area contributed by atoms with E-state index in [4.69, 9.17) is 17.5 Å². The Morgan fingerprint density at radius 3 is 2.70 bits per heavy atom. The second-order valence-corrected chi connectivity index (χ2v) is 1.90. The Labute approximate surface area is 63.1 Å². The molecule has 58 valence electrons. The first kappa shape index (κ1) is 9.94. The van der Waals surface area contributed by atoms with Crippen LogP contribution in [0.15, 0.2) is 0 Å². The van der Waals surface area contributed by atoms with Crippen molar-refractivity contribution >= 4 is 8.05 Å². The Bertz CT molecular complexity index is 75.4. The van der Waals surface area contributed by atoms with Crippen LogP contribution in [0.5, 0.6) is 0 Å². The van der Waals surface area contributed by atoms with Gasteiger partial charge < -0.3 is 14.1 Å². The zero-order valence-corrected chi connectivity index (χ0v) is 5.21. The smallest absolute Gasteiger partial charge is 0.282 e. The van der Waals surface area contributed by atoms with Crippen LogP contribution in [0.25, 0.3) is 0 Å². The van der Waals surface area contributed by atoms with Crippen LogP contribution >= 0.6 is 0 Å². The lowest BCUT2D eigenvalue weighted by molar-refractivity contribution is 0.0905. The number of hydrogen-bond acceptors (Lipinski definition) is 3. The van der Waals surface area contributed by atoms with E-state index in [0.29, 0.717) is 25.9 Å². The first-order chi connectivity index (χ1) is 4.43. The van der Waals surface area contributed by atoms with E-state index in [1.807, 2.05) is 0 Å². The van der Waals surface area contributed by atoms with Gasteiger partial charge in [0.05, 0.1) is 26.4 Å². The fourth-order valence-corrected chi connectivity index (χ4v) is 0.486. The van der Waals surface area contributed by atoms with Gasteiger partial charge in [-0.3, -0.25) is 0 Å². The van der Waals surface area contributed by atoms with Crippen molar-refractivity contribution in [1.29, 1.82) is 0 Å². The molecule has 0 spiro atoms. The molecule has 0 amide bonds. The average Bonchev–Trinajstić information content (AvgIpc) is 2.63. The molecule has 1 unspecified atom stereocenters. The molecular formula is C6H13BO3. The van der Waals surface area contributed by atoms with E-state index in [-0.39, 0.29) is 7.43 Å². The van der Waals surface area contributed by atoms with E-state index in [2.05, 4.69) is 4.65 Å². The maximum absolute atomic E-state index is 5.07. The van der Waals surface area contributed by atoms with Crippen LogP contribution in [-0.4, -0.2) is 40.6 Å². The highest BCUT2D eigenvalue weighted by Crippen LogP contribution is 2.07. The minimum absolute atomic E-state index is 0. The Kier molecular flexibility index (Phi) is 5.68. The van der Waals surface area contributed by atoms with Gasteiger partial charge in [-0.1, -0.05) is 7.43 Å². The van der Waals surface area contributed by atoms with Crippen molar-refractivity contribution in [1.82, 2.24) is 0 Å². The summed E-state index contributed by atoms with van der Waals surface area (Å²) in [7, 11) is 4.75. The molecule has 4 heteroatoms. The van der Waals surface area contributed by atoms with Gasteiger partial charge in [0.2, 0.25) is 0 Å². The van der Waals surface area contributed by atoms with Crippen LogP contribution in [-0.2, 0) is 14.1 Å². The van der Waals surface area contributed by atoms with Gasteiger partial charge >= 0.3 is 0 Å². The molecule has 1 saturated heterocycles. The third kappa shape index (κ3) is 4.79. The van der Waals surface area contributed by atoms with E-state index in [0.717, 1.165) is 6.61 Å². The van der Waals surface area contributed by atoms with Crippen molar-refractivity contribution in [3.8, 4) is 0 Å². The molecule has 1 aliphatic rings. The Hall–Kier alpha value is -0.0551. The molecule has 0 bridgehead atoms. The first-order valence-corrected chi connectivity index (χ1v) is 2.94. The number of hydrogen-bond donors (Lipinski definition) is 0. The summed E-state index contributed by atoms with van der Waals surface area (Å²) in [5, 5.41) is 0. The maximum atomic E-state index is 5.07. The summed E-state index contributed by atoms with van der Waals surface area (Å²) in [5.41, 5.74) is 0. The molecule has 1 aliphatic heterocycles. The molecule has 1 atom stereocenters. The van der Waals surface area contributed by atoms with E-state index in [9.17, 15) is 0 Å². The minimum atomic E-state index is 0. The largest absolute Gasteiger partial charge is 0.445 e. The highest BCUT2D eigenvalue weighted by molar-refractivity contribution is 5.97. The van der Waals surface area contributed by atoms with Crippen molar-refractivity contribution in [2.45, 2.75) is 13.5 Å². The maximum Gasteiger partial charge on any atom is 0.282 e. The third-order valence-corrected chi connectivity index (χ3v) is 1.05. The number of rotatable bonds is 5. The SMILES string of the molecule is C.[B]OCCOCC1CO1. The van der Waals surface area contributed by atoms with Gasteiger partial charge in [0.1, 0.15) is 6.10 Å². The topological polar surface area (TPSA) is 31.0 Å². The van der Waals surface area contributed by atoms with Crippen molar-refractivity contribution in [2.75, 3.05) is 26.4 Å². The van der Waals surface area contributed by atoms with E-state index in [1.165, 1.54) is 0 Å². The number of epoxide rings is 1. The minimum Gasteiger partial charge on any atom is -0.445 e. The molecule has 0 aromatic rings. The van der Waals surface area contributed by atoms with Gasteiger partial charge in [0, 0.05) is 0 Å². The lowest BCUT2D eigenvalue weighted by Gasteiger charge is -1.98. The molecule has 2 radical (unpaired) electrons. The van der Waals surface area contributed by atoms with Crippen LogP contribution in [0, 0.1) is 0 Å². The molecule has 0 saturated carbocycles. The van der Waals surface area contributed by atoms with Gasteiger partial charge in [-0.25, -0.2) is 0 Å². The normalized spacial score (nSPS) is 21.8. The zero-order chi connectivity index (χ0) is 6.53. The summed E-state index contributed by atoms with van der Waals surface area (Å²) in [6, 6.07) is 0. The monoisotopic (exact) mass is 144 g/mol. The first-order valence-electron chi connectivity index (χ1n) is 2.94. The third-order valence-electron chi connectivity index (χ3n) is 1.05. The van der Waals surface area contributed by atoms with Crippen LogP contribution in [0.2, 0.25) is 0 Å². The molecule has 0 N–H and O–H groups in total. The molecule has 0 aromatic carbocycles. The van der Waals surface area contributed by atoms with Crippen molar-refractivity contribution in [3.63, 3.8) is 0 Å². The number of ether oxygens (including phenoxy) is 2. The van der Waals surface area contributed by atoms with Crippen LogP contribution in [0.3, 0.4) is 0 Å². The van der Waals surface area contributed by atoms with E-state index < -0.39 is 0 Å². The standard InChI is InChI=1S/C5H9BO3.CH4/c6-9-2-1-7-3-5-4-8-5;/h5H,1-4H2;1H4. The van der Waals surface area contributed by atoms with Crippen LogP contribution in [0.4, 0.5) is 0 Å². The van der Waals surface area contributed by atoms with Crippen LogP contribution < -0.4 is 0 Å². The summed E-state index contributed by atoms with van der Waals surface area (Å²) in [5.74, 6) is 0. The Balaban J connectivity index is 0.000000810. The Morgan fingerprint density at radius 1 is 1.50 bits per heavy atom. The van der Waals surface area contributed by atoms with Gasteiger partial charge in [0.15, 0.2) is 0 Å². The van der Waals surface area contributed by atoms with Crippen molar-refractivity contribution < 1.29 is 14.1 Å². The van der Waals surface area contributed by atoms with Gasteiger partial charge in [-0.2, -0.15) is 0 Å². The summed E-state index contributed by atoms with van der Waals surface area (Å²) < 4.78 is 14.2. The second-order valence-electron chi connectivity index (χ2n) is 1.90. The van der Waals surface area contributed by atoms with Gasteiger partial charge in [-0.05, 0) is 0 Å². The summed E-state index contributed by atoms with van der Waals surface area (Å²) in [4.78, 5) is 0. The van der Waals surface area contributed by atoms with E-state index in [1.54, 1.807) is 0 Å². The molecule has 1 rings (SSSR count). The fraction of sp³-hybridized carbons (Fsp3) is 1.00. The second kappa shape index (κ2) is 5.71. The zero-order valence-electron chi connectivity index (χ0n) is 5.21. The molecule has 0 aliphatic carbocycles. The van der Waals surface area contributed by atoms with Gasteiger partial charge in [-0.15, -0.1) is 0 Å². The summed E-state index contributed by atoms with van der Waals surface area (Å²) in [6.07, 6.45) is 0.336. The Morgan fingerprint density at radius 2 is 2.20 bits per heavy atom. The lowest BCUT2D eigenvalue weighted by atomic mass is 10.5. The predicted octanol–water partition coefficient (Wildman–Crippen LogP) is 0.138. The molecule has 10 heavy (non-hydrogen) atoms. The predicted molar refractivity (Wildman–Crippen MR) is 39.0 cm³/mol. The van der Waals surface area contributed by atoms with Crippen molar-refractivity contribution in [2.24, 2.45) is 0 Å². The average molecular weight is 144 g/mol. The lowest BCUT2D eigenvalue weighted by Crippen LogP contribution is -2.06. The highest BCUT2D eigenvalue weighted by atomic mass is 16.6. The molecule has 0 aromatic heterocycles. The summed E-state index contributed by atoms with van der Waals surface area (Å²) in [6.45, 7) is 2.51. The van der Waals surface area contributed by atoms with E-state index >= 15 is 0 Å². The molecule has 1 fully saturated rings. The van der Waals surface area contributed by atoms with Crippen molar-refractivity contribution in [3.05, 3.63) is 0 Å².